The van der Waals surface area contributed by atoms with E-state index < -0.39 is 0 Å². The van der Waals surface area contributed by atoms with E-state index >= 15 is 0 Å². The molecule has 2 N–H and O–H groups in total. The van der Waals surface area contributed by atoms with Crippen molar-refractivity contribution in [1.29, 1.82) is 0 Å². The van der Waals surface area contributed by atoms with Crippen LogP contribution in [-0.2, 0) is 4.74 Å². The van der Waals surface area contributed by atoms with Gasteiger partial charge in [0.1, 0.15) is 0 Å². The van der Waals surface area contributed by atoms with Crippen molar-refractivity contribution in [2.24, 2.45) is 4.99 Å². The number of thiophene rings is 1. The molecule has 27 heavy (non-hydrogen) atoms. The highest BCUT2D eigenvalue weighted by atomic mass is 32.1. The molecule has 0 amide bonds. The average Bonchev–Trinajstić information content (AvgIpc) is 3.40. The Labute approximate surface area is 168 Å². The molecule has 6 nitrogen and oxygen atoms in total. The largest absolute Gasteiger partial charge is 0.379 e. The molecule has 0 saturated carbocycles. The maximum absolute atomic E-state index is 5.49. The molecule has 152 valence electrons. The molecule has 0 radical (unpaired) electrons. The van der Waals surface area contributed by atoms with Gasteiger partial charge in [0.05, 0.1) is 19.3 Å². The van der Waals surface area contributed by atoms with Crippen molar-refractivity contribution in [2.75, 3.05) is 59.5 Å². The zero-order chi connectivity index (χ0) is 19.1. The number of aliphatic imine (C=N–C) groups is 1. The van der Waals surface area contributed by atoms with Gasteiger partial charge in [-0.3, -0.25) is 14.8 Å². The Bertz CT molecular complexity index is 577. The van der Waals surface area contributed by atoms with Crippen molar-refractivity contribution >= 4 is 17.3 Å². The molecule has 7 heteroatoms. The highest BCUT2D eigenvalue weighted by molar-refractivity contribution is 7.10. The molecular weight excluding hydrogens is 358 g/mol. The van der Waals surface area contributed by atoms with Gasteiger partial charge in [-0.1, -0.05) is 6.07 Å². The minimum Gasteiger partial charge on any atom is -0.379 e. The SMILES string of the molecule is CN=C(NCC(c1cccs1)N1CCCC1)NCC(C)(C)N1CCOCC1. The predicted molar refractivity (Wildman–Crippen MR) is 114 cm³/mol. The second-order valence-electron chi connectivity index (χ2n) is 7.99. The number of guanidine groups is 1. The highest BCUT2D eigenvalue weighted by Crippen LogP contribution is 2.27. The first-order valence-corrected chi connectivity index (χ1v) is 11.0. The molecule has 2 fully saturated rings. The van der Waals surface area contributed by atoms with Gasteiger partial charge in [-0.25, -0.2) is 0 Å². The molecule has 0 aromatic carbocycles. The quantitative estimate of drug-likeness (QED) is 0.549. The lowest BCUT2D eigenvalue weighted by Gasteiger charge is -2.41. The van der Waals surface area contributed by atoms with Gasteiger partial charge in [0.2, 0.25) is 0 Å². The lowest BCUT2D eigenvalue weighted by molar-refractivity contribution is -0.00834. The van der Waals surface area contributed by atoms with E-state index in [0.717, 1.165) is 45.4 Å². The summed E-state index contributed by atoms with van der Waals surface area (Å²) in [5.74, 6) is 0.886. The first-order chi connectivity index (χ1) is 13.1. The number of morpholine rings is 1. The summed E-state index contributed by atoms with van der Waals surface area (Å²) < 4.78 is 5.49. The third-order valence-electron chi connectivity index (χ3n) is 5.70. The lowest BCUT2D eigenvalue weighted by Crippen LogP contribution is -2.56. The molecule has 1 aromatic rings. The third kappa shape index (κ3) is 5.67. The van der Waals surface area contributed by atoms with Crippen molar-refractivity contribution in [2.45, 2.75) is 38.3 Å². The number of likely N-dealkylation sites (tertiary alicyclic amines) is 1. The Morgan fingerprint density at radius 3 is 2.59 bits per heavy atom. The zero-order valence-electron chi connectivity index (χ0n) is 17.0. The van der Waals surface area contributed by atoms with Gasteiger partial charge in [0, 0.05) is 43.6 Å². The molecule has 2 aliphatic heterocycles. The molecular formula is C20H35N5OS. The Kier molecular flexibility index (Phi) is 7.52. The second-order valence-corrected chi connectivity index (χ2v) is 8.97. The van der Waals surface area contributed by atoms with Crippen LogP contribution in [0.25, 0.3) is 0 Å². The van der Waals surface area contributed by atoms with Crippen LogP contribution < -0.4 is 10.6 Å². The van der Waals surface area contributed by atoms with Crippen molar-refractivity contribution in [1.82, 2.24) is 20.4 Å². The predicted octanol–water partition coefficient (Wildman–Crippen LogP) is 2.16. The van der Waals surface area contributed by atoms with Gasteiger partial charge < -0.3 is 15.4 Å². The van der Waals surface area contributed by atoms with E-state index in [1.165, 1.54) is 30.8 Å². The van der Waals surface area contributed by atoms with Crippen LogP contribution >= 0.6 is 11.3 Å². The summed E-state index contributed by atoms with van der Waals surface area (Å²) >= 11 is 1.85. The van der Waals surface area contributed by atoms with Crippen molar-refractivity contribution in [3.05, 3.63) is 22.4 Å². The van der Waals surface area contributed by atoms with Crippen LogP contribution in [0.2, 0.25) is 0 Å². The fourth-order valence-corrected chi connectivity index (χ4v) is 4.80. The molecule has 1 atom stereocenters. The summed E-state index contributed by atoms with van der Waals surface area (Å²) in [6.07, 6.45) is 2.62. The minimum absolute atomic E-state index is 0.0729. The van der Waals surface area contributed by atoms with E-state index in [9.17, 15) is 0 Å². The Morgan fingerprint density at radius 1 is 1.22 bits per heavy atom. The van der Waals surface area contributed by atoms with Crippen LogP contribution in [-0.4, -0.2) is 80.8 Å². The topological polar surface area (TPSA) is 52.1 Å². The molecule has 1 unspecified atom stereocenters. The van der Waals surface area contributed by atoms with Crippen LogP contribution in [0.4, 0.5) is 0 Å². The zero-order valence-corrected chi connectivity index (χ0v) is 17.9. The van der Waals surface area contributed by atoms with E-state index in [1.807, 2.05) is 18.4 Å². The van der Waals surface area contributed by atoms with E-state index in [0.29, 0.717) is 6.04 Å². The molecule has 1 aromatic heterocycles. The Balaban J connectivity index is 1.53. The molecule has 2 aliphatic rings. The second kappa shape index (κ2) is 9.87. The van der Waals surface area contributed by atoms with E-state index in [2.05, 4.69) is 56.8 Å². The number of rotatable bonds is 7. The van der Waals surface area contributed by atoms with Gasteiger partial charge >= 0.3 is 0 Å². The summed E-state index contributed by atoms with van der Waals surface area (Å²) in [6.45, 7) is 12.4. The van der Waals surface area contributed by atoms with E-state index in [-0.39, 0.29) is 5.54 Å². The van der Waals surface area contributed by atoms with E-state index in [4.69, 9.17) is 4.74 Å². The summed E-state index contributed by atoms with van der Waals surface area (Å²) in [4.78, 5) is 11.0. The molecule has 3 rings (SSSR count). The summed E-state index contributed by atoms with van der Waals surface area (Å²) in [5, 5.41) is 9.29. The fraction of sp³-hybridized carbons (Fsp3) is 0.750. The van der Waals surface area contributed by atoms with Crippen LogP contribution in [0, 0.1) is 0 Å². The maximum Gasteiger partial charge on any atom is 0.191 e. The van der Waals surface area contributed by atoms with Crippen LogP contribution in [0.1, 0.15) is 37.6 Å². The summed E-state index contributed by atoms with van der Waals surface area (Å²) in [7, 11) is 1.85. The van der Waals surface area contributed by atoms with Crippen LogP contribution in [0.3, 0.4) is 0 Å². The van der Waals surface area contributed by atoms with Crippen molar-refractivity contribution in [3.63, 3.8) is 0 Å². The fourth-order valence-electron chi connectivity index (χ4n) is 3.94. The molecule has 3 heterocycles. The monoisotopic (exact) mass is 393 g/mol. The minimum atomic E-state index is 0.0729. The molecule has 2 saturated heterocycles. The number of nitrogens with one attached hydrogen (secondary N) is 2. The first-order valence-electron chi connectivity index (χ1n) is 10.1. The summed E-state index contributed by atoms with van der Waals surface area (Å²) in [5.41, 5.74) is 0.0729. The smallest absolute Gasteiger partial charge is 0.191 e. The van der Waals surface area contributed by atoms with Gasteiger partial charge in [-0.15, -0.1) is 11.3 Å². The summed E-state index contributed by atoms with van der Waals surface area (Å²) in [6, 6.07) is 4.84. The lowest BCUT2D eigenvalue weighted by atomic mass is 10.0. The normalized spacial score (nSPS) is 21.4. The molecule has 0 aliphatic carbocycles. The Hall–Kier alpha value is -1.15. The standard InChI is InChI=1S/C20H35N5OS/c1-20(2,25-10-12-26-13-11-25)16-23-19(21-3)22-15-17(18-7-6-14-27-18)24-8-4-5-9-24/h6-7,14,17H,4-5,8-13,15-16H2,1-3H3,(H2,21,22,23). The number of hydrogen-bond acceptors (Lipinski definition) is 5. The third-order valence-corrected chi connectivity index (χ3v) is 6.67. The van der Waals surface area contributed by atoms with Gasteiger partial charge in [0.15, 0.2) is 5.96 Å². The Morgan fingerprint density at radius 2 is 1.96 bits per heavy atom. The molecule has 0 bridgehead atoms. The highest BCUT2D eigenvalue weighted by Gasteiger charge is 2.29. The average molecular weight is 394 g/mol. The van der Waals surface area contributed by atoms with Gasteiger partial charge in [-0.2, -0.15) is 0 Å². The van der Waals surface area contributed by atoms with Crippen molar-refractivity contribution in [3.8, 4) is 0 Å². The van der Waals surface area contributed by atoms with E-state index in [1.54, 1.807) is 0 Å². The van der Waals surface area contributed by atoms with Crippen LogP contribution in [0.5, 0.6) is 0 Å². The maximum atomic E-state index is 5.49. The van der Waals surface area contributed by atoms with Crippen LogP contribution in [0.15, 0.2) is 22.5 Å². The number of nitrogens with zero attached hydrogens (tertiary/aromatic N) is 3. The number of ether oxygens (including phenoxy) is 1. The number of hydrogen-bond donors (Lipinski definition) is 2. The van der Waals surface area contributed by atoms with Gasteiger partial charge in [-0.05, 0) is 51.2 Å². The van der Waals surface area contributed by atoms with Gasteiger partial charge in [0.25, 0.3) is 0 Å². The van der Waals surface area contributed by atoms with Crippen molar-refractivity contribution < 1.29 is 4.74 Å². The first kappa shape index (κ1) is 20.6. The molecule has 0 spiro atoms.